The van der Waals surface area contributed by atoms with Crippen LogP contribution in [0.4, 0.5) is 13.2 Å². The average molecular weight is 227 g/mol. The maximum atomic E-state index is 12.2. The fourth-order valence-corrected chi connectivity index (χ4v) is 0.990. The highest BCUT2D eigenvalue weighted by Gasteiger charge is 2.30. The van der Waals surface area contributed by atoms with Crippen LogP contribution in [0.25, 0.3) is 0 Å². The number of benzene rings is 1. The van der Waals surface area contributed by atoms with Crippen LogP contribution in [0.3, 0.4) is 0 Å². The first-order chi connectivity index (χ1) is 7.45. The molecule has 0 aliphatic rings. The van der Waals surface area contributed by atoms with Gasteiger partial charge in [0.25, 0.3) is 5.91 Å². The number of halogens is 3. The molecule has 16 heavy (non-hydrogen) atoms. The zero-order valence-electron chi connectivity index (χ0n) is 8.38. The molecule has 0 heterocycles. The fraction of sp³-hybridized carbons (Fsp3) is 0.182. The van der Waals surface area contributed by atoms with Crippen LogP contribution < -0.4 is 0 Å². The standard InChI is InChI=1S/C11H8F3NO/c1-2-7-15-10(16)8-3-5-9(6-4-8)11(12,13)14/h2-6H,1H3. The number of hydrogen-bond acceptors (Lipinski definition) is 1. The minimum Gasteiger partial charge on any atom is -0.266 e. The van der Waals surface area contributed by atoms with Crippen molar-refractivity contribution >= 4 is 11.8 Å². The molecule has 0 spiro atoms. The molecule has 1 amide bonds. The van der Waals surface area contributed by atoms with E-state index in [1.165, 1.54) is 6.08 Å². The van der Waals surface area contributed by atoms with E-state index in [-0.39, 0.29) is 5.56 Å². The van der Waals surface area contributed by atoms with Gasteiger partial charge in [-0.1, -0.05) is 0 Å². The molecule has 0 atom stereocenters. The van der Waals surface area contributed by atoms with Crippen molar-refractivity contribution in [2.75, 3.05) is 0 Å². The van der Waals surface area contributed by atoms with Gasteiger partial charge in [-0.05, 0) is 43.1 Å². The SMILES string of the molecule is CC=C=NC(=O)c1ccc(C(F)(F)F)cc1. The first kappa shape index (κ1) is 12.2. The Labute approximate surface area is 90.1 Å². The normalized spacial score (nSPS) is 10.5. The Morgan fingerprint density at radius 3 is 2.31 bits per heavy atom. The molecule has 5 heteroatoms. The monoisotopic (exact) mass is 227 g/mol. The summed E-state index contributed by atoms with van der Waals surface area (Å²) >= 11 is 0. The lowest BCUT2D eigenvalue weighted by atomic mass is 10.1. The second-order valence-electron chi connectivity index (χ2n) is 2.91. The van der Waals surface area contributed by atoms with Crippen molar-refractivity contribution in [1.82, 2.24) is 0 Å². The van der Waals surface area contributed by atoms with Gasteiger partial charge in [0.05, 0.1) is 5.56 Å². The van der Waals surface area contributed by atoms with E-state index < -0.39 is 17.6 Å². The van der Waals surface area contributed by atoms with Gasteiger partial charge in [-0.2, -0.15) is 18.2 Å². The van der Waals surface area contributed by atoms with Crippen LogP contribution in [0.5, 0.6) is 0 Å². The van der Waals surface area contributed by atoms with Gasteiger partial charge in [-0.15, -0.1) is 0 Å². The highest BCUT2D eigenvalue weighted by molar-refractivity contribution is 5.98. The molecule has 1 aromatic rings. The summed E-state index contributed by atoms with van der Waals surface area (Å²) in [6.45, 7) is 1.63. The smallest absolute Gasteiger partial charge is 0.266 e. The molecule has 0 unspecified atom stereocenters. The molecule has 0 aromatic heterocycles. The molecule has 0 saturated carbocycles. The Morgan fingerprint density at radius 1 is 1.31 bits per heavy atom. The molecular formula is C11H8F3NO. The van der Waals surface area contributed by atoms with E-state index in [0.717, 1.165) is 24.3 Å². The van der Waals surface area contributed by atoms with Crippen LogP contribution >= 0.6 is 0 Å². The van der Waals surface area contributed by atoms with Crippen molar-refractivity contribution in [3.05, 3.63) is 41.5 Å². The zero-order chi connectivity index (χ0) is 12.2. The number of rotatable bonds is 1. The number of carbonyl (C=O) groups is 1. The van der Waals surface area contributed by atoms with Gasteiger partial charge in [0.15, 0.2) is 0 Å². The summed E-state index contributed by atoms with van der Waals surface area (Å²) < 4.78 is 36.6. The summed E-state index contributed by atoms with van der Waals surface area (Å²) in [5, 5.41) is 0. The largest absolute Gasteiger partial charge is 0.416 e. The van der Waals surface area contributed by atoms with Gasteiger partial charge >= 0.3 is 6.18 Å². The molecule has 2 nitrogen and oxygen atoms in total. The molecule has 0 aliphatic carbocycles. The minimum absolute atomic E-state index is 0.0994. The van der Waals surface area contributed by atoms with E-state index in [1.54, 1.807) is 6.92 Å². The van der Waals surface area contributed by atoms with Crippen LogP contribution in [0.15, 0.2) is 35.3 Å². The zero-order valence-corrected chi connectivity index (χ0v) is 8.38. The number of aliphatic imine (C=N–C) groups is 1. The average Bonchev–Trinajstić information content (AvgIpc) is 2.25. The summed E-state index contributed by atoms with van der Waals surface area (Å²) in [7, 11) is 0. The third kappa shape index (κ3) is 3.07. The second-order valence-corrected chi connectivity index (χ2v) is 2.91. The van der Waals surface area contributed by atoms with Crippen molar-refractivity contribution < 1.29 is 18.0 Å². The Balaban J connectivity index is 2.96. The van der Waals surface area contributed by atoms with Crippen LogP contribution in [-0.2, 0) is 6.18 Å². The summed E-state index contributed by atoms with van der Waals surface area (Å²) in [5.74, 6) is 1.70. The van der Waals surface area contributed by atoms with E-state index in [1.807, 2.05) is 0 Å². The van der Waals surface area contributed by atoms with Crippen molar-refractivity contribution in [3.63, 3.8) is 0 Å². The maximum Gasteiger partial charge on any atom is 0.416 e. The molecule has 0 radical (unpaired) electrons. The van der Waals surface area contributed by atoms with E-state index in [2.05, 4.69) is 10.9 Å². The number of alkyl halides is 3. The van der Waals surface area contributed by atoms with E-state index in [9.17, 15) is 18.0 Å². The predicted molar refractivity (Wildman–Crippen MR) is 53.5 cm³/mol. The van der Waals surface area contributed by atoms with Crippen LogP contribution in [-0.4, -0.2) is 11.8 Å². The topological polar surface area (TPSA) is 29.4 Å². The van der Waals surface area contributed by atoms with E-state index >= 15 is 0 Å². The van der Waals surface area contributed by atoms with Crippen molar-refractivity contribution in [2.45, 2.75) is 13.1 Å². The van der Waals surface area contributed by atoms with Crippen molar-refractivity contribution in [1.29, 1.82) is 0 Å². The predicted octanol–water partition coefficient (Wildman–Crippen LogP) is 3.09. The molecule has 0 N–H and O–H groups in total. The van der Waals surface area contributed by atoms with E-state index in [4.69, 9.17) is 0 Å². The lowest BCUT2D eigenvalue weighted by Gasteiger charge is -2.05. The summed E-state index contributed by atoms with van der Waals surface area (Å²) in [6.07, 6.45) is -2.96. The first-order valence-corrected chi connectivity index (χ1v) is 4.41. The highest BCUT2D eigenvalue weighted by atomic mass is 19.4. The van der Waals surface area contributed by atoms with Crippen molar-refractivity contribution in [2.24, 2.45) is 4.99 Å². The van der Waals surface area contributed by atoms with Gasteiger partial charge in [0.2, 0.25) is 0 Å². The van der Waals surface area contributed by atoms with Crippen LogP contribution in [0.2, 0.25) is 0 Å². The van der Waals surface area contributed by atoms with Gasteiger partial charge in [0, 0.05) is 5.56 Å². The highest BCUT2D eigenvalue weighted by Crippen LogP contribution is 2.29. The number of amides is 1. The fourth-order valence-electron chi connectivity index (χ4n) is 0.990. The molecule has 84 valence electrons. The van der Waals surface area contributed by atoms with Gasteiger partial charge in [-0.25, -0.2) is 0 Å². The van der Waals surface area contributed by atoms with Crippen LogP contribution in [0, 0.1) is 0 Å². The molecule has 0 bridgehead atoms. The maximum absolute atomic E-state index is 12.2. The Kier molecular flexibility index (Phi) is 3.64. The number of allylic oxidation sites excluding steroid dienone is 1. The molecule has 1 rings (SSSR count). The first-order valence-electron chi connectivity index (χ1n) is 4.41. The summed E-state index contributed by atoms with van der Waals surface area (Å²) in [5.41, 5.74) is -0.693. The van der Waals surface area contributed by atoms with Gasteiger partial charge < -0.3 is 0 Å². The Bertz CT molecular complexity index is 439. The Morgan fingerprint density at radius 2 is 1.88 bits per heavy atom. The number of hydrogen-bond donors (Lipinski definition) is 0. The quantitative estimate of drug-likeness (QED) is 0.678. The third-order valence-corrected chi connectivity index (χ3v) is 1.75. The molecular weight excluding hydrogens is 219 g/mol. The molecule has 1 aromatic carbocycles. The lowest BCUT2D eigenvalue weighted by molar-refractivity contribution is -0.137. The number of nitrogens with zero attached hydrogens (tertiary/aromatic N) is 1. The minimum atomic E-state index is -4.39. The molecule has 0 fully saturated rings. The van der Waals surface area contributed by atoms with Gasteiger partial charge in [0.1, 0.15) is 0 Å². The summed E-state index contributed by atoms with van der Waals surface area (Å²) in [4.78, 5) is 14.6. The van der Waals surface area contributed by atoms with Gasteiger partial charge in [-0.3, -0.25) is 4.79 Å². The lowest BCUT2D eigenvalue weighted by Crippen LogP contribution is -2.05. The second kappa shape index (κ2) is 4.77. The molecule has 0 aliphatic heterocycles. The molecule has 0 saturated heterocycles. The third-order valence-electron chi connectivity index (χ3n) is 1.75. The van der Waals surface area contributed by atoms with E-state index in [0.29, 0.717) is 0 Å². The Hall–Kier alpha value is -1.87. The van der Waals surface area contributed by atoms with Crippen LogP contribution in [0.1, 0.15) is 22.8 Å². The summed E-state index contributed by atoms with van der Waals surface area (Å²) in [6, 6.07) is 3.87. The van der Waals surface area contributed by atoms with Crippen molar-refractivity contribution in [3.8, 4) is 0 Å². The number of carbonyl (C=O) groups excluding carboxylic acids is 1.